The maximum absolute atomic E-state index is 12.6. The number of carbonyl (C=O) groups excluding carboxylic acids is 1. The van der Waals surface area contributed by atoms with E-state index in [9.17, 15) is 9.59 Å². The molecule has 1 aromatic carbocycles. The SMILES string of the molecule is CCn1c(=O)[nH]c2cc(C(=O)N(C)Cc3occc3C)ccc21. The lowest BCUT2D eigenvalue weighted by Gasteiger charge is -2.16. The Kier molecular flexibility index (Phi) is 3.82. The first-order chi connectivity index (χ1) is 11.0. The van der Waals surface area contributed by atoms with Gasteiger partial charge in [0.05, 0.1) is 23.8 Å². The molecule has 0 unspecified atom stereocenters. The Labute approximate surface area is 133 Å². The summed E-state index contributed by atoms with van der Waals surface area (Å²) in [7, 11) is 1.73. The number of fused-ring (bicyclic) bond motifs is 1. The van der Waals surface area contributed by atoms with Crippen LogP contribution >= 0.6 is 0 Å². The van der Waals surface area contributed by atoms with Crippen LogP contribution in [0.1, 0.15) is 28.6 Å². The molecule has 0 aliphatic carbocycles. The molecule has 3 rings (SSSR count). The number of nitrogens with one attached hydrogen (secondary N) is 1. The van der Waals surface area contributed by atoms with Gasteiger partial charge in [0.25, 0.3) is 5.91 Å². The maximum atomic E-state index is 12.6. The van der Waals surface area contributed by atoms with Crippen molar-refractivity contribution in [3.05, 3.63) is 57.9 Å². The molecule has 23 heavy (non-hydrogen) atoms. The Morgan fingerprint density at radius 3 is 2.78 bits per heavy atom. The van der Waals surface area contributed by atoms with Crippen LogP contribution in [0.15, 0.2) is 39.7 Å². The third-order valence-electron chi connectivity index (χ3n) is 4.03. The third kappa shape index (κ3) is 2.67. The molecule has 0 saturated heterocycles. The Morgan fingerprint density at radius 1 is 1.35 bits per heavy atom. The topological polar surface area (TPSA) is 71.2 Å². The molecule has 0 fully saturated rings. The molecule has 0 bridgehead atoms. The molecule has 0 saturated carbocycles. The number of amides is 1. The van der Waals surface area contributed by atoms with Crippen LogP contribution in [0.25, 0.3) is 11.0 Å². The van der Waals surface area contributed by atoms with Crippen LogP contribution in [0, 0.1) is 6.92 Å². The van der Waals surface area contributed by atoms with Gasteiger partial charge in [-0.05, 0) is 43.7 Å². The predicted octanol–water partition coefficient (Wildman–Crippen LogP) is 2.52. The second-order valence-electron chi connectivity index (χ2n) is 5.59. The van der Waals surface area contributed by atoms with Crippen molar-refractivity contribution < 1.29 is 9.21 Å². The molecule has 1 N–H and O–H groups in total. The summed E-state index contributed by atoms with van der Waals surface area (Å²) in [6, 6.07) is 7.14. The highest BCUT2D eigenvalue weighted by atomic mass is 16.3. The van der Waals surface area contributed by atoms with E-state index >= 15 is 0 Å². The van der Waals surface area contributed by atoms with E-state index in [1.165, 1.54) is 0 Å². The van der Waals surface area contributed by atoms with Crippen LogP contribution in [0.2, 0.25) is 0 Å². The number of imidazole rings is 1. The second-order valence-corrected chi connectivity index (χ2v) is 5.59. The van der Waals surface area contributed by atoms with E-state index in [1.54, 1.807) is 41.0 Å². The van der Waals surface area contributed by atoms with E-state index in [4.69, 9.17) is 4.42 Å². The summed E-state index contributed by atoms with van der Waals surface area (Å²) in [5.74, 6) is 0.653. The fraction of sp³-hybridized carbons (Fsp3) is 0.294. The van der Waals surface area contributed by atoms with Crippen LogP contribution in [-0.4, -0.2) is 27.4 Å². The number of rotatable bonds is 4. The van der Waals surface area contributed by atoms with Crippen LogP contribution in [0.3, 0.4) is 0 Å². The van der Waals surface area contributed by atoms with Gasteiger partial charge in [0.2, 0.25) is 0 Å². The molecule has 120 valence electrons. The van der Waals surface area contributed by atoms with Gasteiger partial charge in [0.1, 0.15) is 5.76 Å². The molecule has 2 aromatic heterocycles. The molecule has 0 radical (unpaired) electrons. The van der Waals surface area contributed by atoms with Crippen LogP contribution in [0.5, 0.6) is 0 Å². The maximum Gasteiger partial charge on any atom is 0.326 e. The van der Waals surface area contributed by atoms with Crippen molar-refractivity contribution in [1.82, 2.24) is 14.5 Å². The quantitative estimate of drug-likeness (QED) is 0.804. The summed E-state index contributed by atoms with van der Waals surface area (Å²) in [5, 5.41) is 0. The lowest BCUT2D eigenvalue weighted by atomic mass is 10.1. The predicted molar refractivity (Wildman–Crippen MR) is 87.5 cm³/mol. The summed E-state index contributed by atoms with van der Waals surface area (Å²) in [6.07, 6.45) is 1.62. The summed E-state index contributed by atoms with van der Waals surface area (Å²) in [6.45, 7) is 4.85. The van der Waals surface area contributed by atoms with Crippen molar-refractivity contribution in [3.63, 3.8) is 0 Å². The van der Waals surface area contributed by atoms with Crippen LogP contribution < -0.4 is 5.69 Å². The van der Waals surface area contributed by atoms with Gasteiger partial charge in [-0.25, -0.2) is 4.79 Å². The third-order valence-corrected chi connectivity index (χ3v) is 4.03. The molecule has 6 heteroatoms. The van der Waals surface area contributed by atoms with Gasteiger partial charge in [-0.15, -0.1) is 0 Å². The van der Waals surface area contributed by atoms with Crippen LogP contribution in [-0.2, 0) is 13.1 Å². The number of hydrogen-bond donors (Lipinski definition) is 1. The lowest BCUT2D eigenvalue weighted by Crippen LogP contribution is -2.26. The lowest BCUT2D eigenvalue weighted by molar-refractivity contribution is 0.0775. The second kappa shape index (κ2) is 5.79. The van der Waals surface area contributed by atoms with Crippen molar-refractivity contribution in [3.8, 4) is 0 Å². The van der Waals surface area contributed by atoms with Crippen molar-refractivity contribution in [2.45, 2.75) is 26.9 Å². The summed E-state index contributed by atoms with van der Waals surface area (Å²) in [5.41, 5.74) is 2.87. The number of nitrogens with zero attached hydrogens (tertiary/aromatic N) is 2. The molecule has 0 atom stereocenters. The molecule has 1 amide bonds. The van der Waals surface area contributed by atoms with Gasteiger partial charge >= 0.3 is 5.69 Å². The number of furan rings is 1. The van der Waals surface area contributed by atoms with Crippen molar-refractivity contribution in [2.75, 3.05) is 7.05 Å². The fourth-order valence-electron chi connectivity index (χ4n) is 2.68. The highest BCUT2D eigenvalue weighted by molar-refractivity contribution is 5.97. The Bertz CT molecular complexity index is 917. The molecule has 0 spiro atoms. The van der Waals surface area contributed by atoms with Gasteiger partial charge in [-0.2, -0.15) is 0 Å². The number of carbonyl (C=O) groups is 1. The first-order valence-corrected chi connectivity index (χ1v) is 7.52. The molecule has 0 aliphatic heterocycles. The van der Waals surface area contributed by atoms with Gasteiger partial charge in [-0.3, -0.25) is 9.36 Å². The highest BCUT2D eigenvalue weighted by Crippen LogP contribution is 2.16. The van der Waals surface area contributed by atoms with E-state index < -0.39 is 0 Å². The zero-order chi connectivity index (χ0) is 16.6. The molecule has 2 heterocycles. The molecular formula is C17H19N3O3. The first kappa shape index (κ1) is 15.1. The summed E-state index contributed by atoms with van der Waals surface area (Å²) >= 11 is 0. The molecule has 3 aromatic rings. The highest BCUT2D eigenvalue weighted by Gasteiger charge is 2.16. The Morgan fingerprint density at radius 2 is 2.13 bits per heavy atom. The van der Waals surface area contributed by atoms with Gasteiger partial charge in [0.15, 0.2) is 0 Å². The van der Waals surface area contributed by atoms with Gasteiger partial charge < -0.3 is 14.3 Å². The van der Waals surface area contributed by atoms with Crippen molar-refractivity contribution in [2.24, 2.45) is 0 Å². The minimum absolute atomic E-state index is 0.118. The largest absolute Gasteiger partial charge is 0.467 e. The van der Waals surface area contributed by atoms with Gasteiger partial charge in [0, 0.05) is 19.2 Å². The minimum Gasteiger partial charge on any atom is -0.467 e. The zero-order valence-corrected chi connectivity index (χ0v) is 13.4. The van der Waals surface area contributed by atoms with E-state index in [2.05, 4.69) is 4.98 Å². The Hall–Kier alpha value is -2.76. The van der Waals surface area contributed by atoms with Gasteiger partial charge in [-0.1, -0.05) is 0 Å². The van der Waals surface area contributed by atoms with Crippen molar-refractivity contribution >= 4 is 16.9 Å². The van der Waals surface area contributed by atoms with Crippen molar-refractivity contribution in [1.29, 1.82) is 0 Å². The molecular weight excluding hydrogens is 294 g/mol. The Balaban J connectivity index is 1.88. The number of benzene rings is 1. The number of aromatic amines is 1. The number of H-pyrrole nitrogens is 1. The normalized spacial score (nSPS) is 11.1. The number of aromatic nitrogens is 2. The smallest absolute Gasteiger partial charge is 0.326 e. The minimum atomic E-state index is -0.160. The van der Waals surface area contributed by atoms with E-state index in [0.29, 0.717) is 24.2 Å². The van der Waals surface area contributed by atoms with E-state index in [-0.39, 0.29) is 11.6 Å². The van der Waals surface area contributed by atoms with E-state index in [1.807, 2.05) is 19.9 Å². The summed E-state index contributed by atoms with van der Waals surface area (Å²) < 4.78 is 7.02. The monoisotopic (exact) mass is 313 g/mol. The van der Waals surface area contributed by atoms with E-state index in [0.717, 1.165) is 16.8 Å². The summed E-state index contributed by atoms with van der Waals surface area (Å²) in [4.78, 5) is 28.8. The zero-order valence-electron chi connectivity index (χ0n) is 13.4. The number of aryl methyl sites for hydroxylation is 2. The first-order valence-electron chi connectivity index (χ1n) is 7.52. The average molecular weight is 313 g/mol. The molecule has 0 aliphatic rings. The number of hydrogen-bond acceptors (Lipinski definition) is 3. The van der Waals surface area contributed by atoms with Crippen LogP contribution in [0.4, 0.5) is 0 Å². The molecule has 6 nitrogen and oxygen atoms in total. The standard InChI is InChI=1S/C17H19N3O3/c1-4-20-14-6-5-12(9-13(14)18-17(20)22)16(21)19(3)10-15-11(2)7-8-23-15/h5-9H,4,10H2,1-3H3,(H,18,22). The fourth-order valence-corrected chi connectivity index (χ4v) is 2.68. The average Bonchev–Trinajstić information content (AvgIpc) is 3.07.